The van der Waals surface area contributed by atoms with E-state index in [4.69, 9.17) is 9.47 Å². The van der Waals surface area contributed by atoms with Gasteiger partial charge in [0.2, 0.25) is 0 Å². The van der Waals surface area contributed by atoms with Gasteiger partial charge < -0.3 is 9.47 Å². The smallest absolute Gasteiger partial charge is 0.443 e. The van der Waals surface area contributed by atoms with E-state index in [9.17, 15) is 9.59 Å². The fourth-order valence-corrected chi connectivity index (χ4v) is 1.60. The molecule has 6 nitrogen and oxygen atoms in total. The summed E-state index contributed by atoms with van der Waals surface area (Å²) in [6, 6.07) is 18.3. The average molecular weight is 299 g/mol. The van der Waals surface area contributed by atoms with E-state index in [2.05, 4.69) is 5.43 Å². The second-order valence-electron chi connectivity index (χ2n) is 4.33. The van der Waals surface area contributed by atoms with E-state index in [1.54, 1.807) is 0 Å². The number of hydrogen-bond acceptors (Lipinski definition) is 4. The SMILES string of the molecule is O=C([N]NC(=O)OCc1ccccc1)OCc1ccccc1. The maximum atomic E-state index is 11.4. The van der Waals surface area contributed by atoms with Crippen molar-refractivity contribution in [1.29, 1.82) is 0 Å². The van der Waals surface area contributed by atoms with Gasteiger partial charge in [-0.1, -0.05) is 66.1 Å². The van der Waals surface area contributed by atoms with Crippen molar-refractivity contribution in [3.05, 3.63) is 71.8 Å². The van der Waals surface area contributed by atoms with Crippen molar-refractivity contribution in [3.63, 3.8) is 0 Å². The number of carbonyl (C=O) groups is 2. The highest BCUT2D eigenvalue weighted by Gasteiger charge is 2.09. The topological polar surface area (TPSA) is 78.7 Å². The molecule has 0 spiro atoms. The molecule has 0 saturated carbocycles. The lowest BCUT2D eigenvalue weighted by Crippen LogP contribution is -2.36. The minimum Gasteiger partial charge on any atom is -0.443 e. The van der Waals surface area contributed by atoms with Gasteiger partial charge in [-0.05, 0) is 11.1 Å². The van der Waals surface area contributed by atoms with Gasteiger partial charge in [0.05, 0.1) is 0 Å². The molecule has 1 N–H and O–H groups in total. The summed E-state index contributed by atoms with van der Waals surface area (Å²) in [7, 11) is 0. The van der Waals surface area contributed by atoms with E-state index < -0.39 is 12.2 Å². The average Bonchev–Trinajstić information content (AvgIpc) is 2.58. The maximum Gasteiger partial charge on any atom is 0.451 e. The third-order valence-electron chi connectivity index (χ3n) is 2.66. The van der Waals surface area contributed by atoms with Crippen LogP contribution in [0.3, 0.4) is 0 Å². The van der Waals surface area contributed by atoms with Crippen LogP contribution in [-0.4, -0.2) is 12.2 Å². The van der Waals surface area contributed by atoms with Gasteiger partial charge >= 0.3 is 12.2 Å². The summed E-state index contributed by atoms with van der Waals surface area (Å²) in [5.41, 5.74) is 6.91. The molecule has 1 radical (unpaired) electrons. The largest absolute Gasteiger partial charge is 0.451 e. The highest BCUT2D eigenvalue weighted by Crippen LogP contribution is 2.01. The normalized spacial score (nSPS) is 9.64. The Morgan fingerprint density at radius 1 is 0.818 bits per heavy atom. The molecule has 2 rings (SSSR count). The van der Waals surface area contributed by atoms with E-state index in [1.807, 2.05) is 66.1 Å². The molecule has 2 aromatic carbocycles. The molecule has 0 aromatic heterocycles. The van der Waals surface area contributed by atoms with Crippen LogP contribution in [0.25, 0.3) is 0 Å². The first-order chi connectivity index (χ1) is 10.7. The van der Waals surface area contributed by atoms with Crippen LogP contribution < -0.4 is 10.9 Å². The molecule has 0 bridgehead atoms. The Morgan fingerprint density at radius 2 is 1.32 bits per heavy atom. The lowest BCUT2D eigenvalue weighted by Gasteiger charge is -2.07. The zero-order valence-electron chi connectivity index (χ0n) is 11.8. The van der Waals surface area contributed by atoms with E-state index >= 15 is 0 Å². The number of amides is 2. The van der Waals surface area contributed by atoms with Gasteiger partial charge in [-0.15, -0.1) is 0 Å². The lowest BCUT2D eigenvalue weighted by molar-refractivity contribution is 0.116. The predicted molar refractivity (Wildman–Crippen MR) is 78.5 cm³/mol. The molecule has 0 unspecified atom stereocenters. The number of hydrogen-bond donors (Lipinski definition) is 1. The Morgan fingerprint density at radius 3 is 1.86 bits per heavy atom. The van der Waals surface area contributed by atoms with Crippen molar-refractivity contribution in [2.24, 2.45) is 0 Å². The van der Waals surface area contributed by atoms with Crippen molar-refractivity contribution in [2.45, 2.75) is 13.2 Å². The zero-order chi connectivity index (χ0) is 15.6. The Kier molecular flexibility index (Phi) is 5.80. The van der Waals surface area contributed by atoms with Crippen LogP contribution in [0.5, 0.6) is 0 Å². The minimum atomic E-state index is -0.888. The third kappa shape index (κ3) is 5.54. The van der Waals surface area contributed by atoms with Crippen LogP contribution in [-0.2, 0) is 22.7 Å². The fraction of sp³-hybridized carbons (Fsp3) is 0.125. The van der Waals surface area contributed by atoms with Gasteiger partial charge in [-0.25, -0.2) is 15.0 Å². The maximum absolute atomic E-state index is 11.4. The van der Waals surface area contributed by atoms with Crippen LogP contribution in [0, 0.1) is 0 Å². The van der Waals surface area contributed by atoms with Crippen LogP contribution in [0.2, 0.25) is 0 Å². The van der Waals surface area contributed by atoms with E-state index in [0.29, 0.717) is 0 Å². The van der Waals surface area contributed by atoms with Gasteiger partial charge in [0, 0.05) is 0 Å². The molecule has 0 aliphatic carbocycles. The molecule has 0 fully saturated rings. The highest BCUT2D eigenvalue weighted by molar-refractivity contribution is 5.73. The first-order valence-electron chi connectivity index (χ1n) is 6.62. The number of ether oxygens (including phenoxy) is 2. The van der Waals surface area contributed by atoms with E-state index in [0.717, 1.165) is 11.1 Å². The summed E-state index contributed by atoms with van der Waals surface area (Å²) in [4.78, 5) is 22.7. The Bertz CT molecular complexity index is 547. The molecule has 22 heavy (non-hydrogen) atoms. The number of rotatable bonds is 4. The summed E-state index contributed by atoms with van der Waals surface area (Å²) in [6.45, 7) is 0.186. The van der Waals surface area contributed by atoms with Gasteiger partial charge in [0.15, 0.2) is 0 Å². The molecule has 2 amide bonds. The first-order valence-corrected chi connectivity index (χ1v) is 6.62. The summed E-state index contributed by atoms with van der Waals surface area (Å²) >= 11 is 0. The van der Waals surface area contributed by atoms with E-state index in [1.165, 1.54) is 0 Å². The molecular formula is C16H15N2O4. The molecule has 113 valence electrons. The van der Waals surface area contributed by atoms with Crippen molar-refractivity contribution < 1.29 is 19.1 Å². The van der Waals surface area contributed by atoms with Gasteiger partial charge in [-0.2, -0.15) is 0 Å². The molecule has 0 aliphatic rings. The third-order valence-corrected chi connectivity index (χ3v) is 2.66. The van der Waals surface area contributed by atoms with Crippen molar-refractivity contribution in [3.8, 4) is 0 Å². The molecule has 0 aliphatic heterocycles. The van der Waals surface area contributed by atoms with Gasteiger partial charge in [-0.3, -0.25) is 0 Å². The summed E-state index contributed by atoms with van der Waals surface area (Å²) < 4.78 is 9.76. The molecule has 0 heterocycles. The van der Waals surface area contributed by atoms with Gasteiger partial charge in [0.1, 0.15) is 13.2 Å². The number of carbonyl (C=O) groups excluding carboxylic acids is 2. The molecular weight excluding hydrogens is 284 g/mol. The van der Waals surface area contributed by atoms with Crippen molar-refractivity contribution in [2.75, 3.05) is 0 Å². The zero-order valence-corrected chi connectivity index (χ0v) is 11.8. The molecule has 0 atom stereocenters. The summed E-state index contributed by atoms with van der Waals surface area (Å²) in [6.07, 6.45) is -1.71. The summed E-state index contributed by atoms with van der Waals surface area (Å²) in [5.74, 6) is 0. The number of nitrogens with one attached hydrogen (secondary N) is 1. The molecule has 0 saturated heterocycles. The number of benzene rings is 2. The number of nitrogens with zero attached hydrogens (tertiary/aromatic N) is 1. The first kappa shape index (κ1) is 15.4. The van der Waals surface area contributed by atoms with Crippen LogP contribution in [0.1, 0.15) is 11.1 Å². The van der Waals surface area contributed by atoms with Crippen molar-refractivity contribution >= 4 is 12.2 Å². The van der Waals surface area contributed by atoms with Crippen LogP contribution in [0.15, 0.2) is 60.7 Å². The minimum absolute atomic E-state index is 0.0872. The van der Waals surface area contributed by atoms with Crippen molar-refractivity contribution in [1.82, 2.24) is 10.9 Å². The highest BCUT2D eigenvalue weighted by atomic mass is 16.6. The summed E-state index contributed by atoms with van der Waals surface area (Å²) in [5, 5.41) is 0. The van der Waals surface area contributed by atoms with Gasteiger partial charge in [0.25, 0.3) is 0 Å². The molecule has 2 aromatic rings. The van der Waals surface area contributed by atoms with E-state index in [-0.39, 0.29) is 13.2 Å². The molecule has 6 heteroatoms. The quantitative estimate of drug-likeness (QED) is 0.880. The van der Waals surface area contributed by atoms with Crippen LogP contribution >= 0.6 is 0 Å². The standard InChI is InChI=1S/C16H15N2O4/c19-15(21-11-13-7-3-1-4-8-13)17-18-16(20)22-12-14-9-5-2-6-10-14/h1-10H,11-12H2,(H,17,19). The second-order valence-corrected chi connectivity index (χ2v) is 4.33. The predicted octanol–water partition coefficient (Wildman–Crippen LogP) is 2.77. The Balaban J connectivity index is 1.62. The van der Waals surface area contributed by atoms with Crippen LogP contribution in [0.4, 0.5) is 9.59 Å². The monoisotopic (exact) mass is 299 g/mol. The fourth-order valence-electron chi connectivity index (χ4n) is 1.60. The Hall–Kier alpha value is -3.02. The lowest BCUT2D eigenvalue weighted by atomic mass is 10.2. The second kappa shape index (κ2) is 8.31. The Labute approximate surface area is 128 Å².